The van der Waals surface area contributed by atoms with Crippen molar-refractivity contribution in [3.05, 3.63) is 24.8 Å². The van der Waals surface area contributed by atoms with Crippen molar-refractivity contribution in [2.24, 2.45) is 11.3 Å². The van der Waals surface area contributed by atoms with E-state index in [1.165, 1.54) is 18.4 Å². The summed E-state index contributed by atoms with van der Waals surface area (Å²) >= 11 is 0. The summed E-state index contributed by atoms with van der Waals surface area (Å²) in [5, 5.41) is 3.34. The Balaban J connectivity index is 1.74. The minimum Gasteiger partial charge on any atom is -0.345 e. The predicted octanol–water partition coefficient (Wildman–Crippen LogP) is 2.50. The van der Waals surface area contributed by atoms with E-state index in [1.54, 1.807) is 0 Å². The Morgan fingerprint density at radius 2 is 2.15 bits per heavy atom. The molecular weight excluding hydrogens is 248 g/mol. The highest BCUT2D eigenvalue weighted by atomic mass is 16.2. The molecule has 0 radical (unpaired) electrons. The van der Waals surface area contributed by atoms with Crippen LogP contribution >= 0.6 is 0 Å². The molecule has 0 aromatic carbocycles. The molecule has 0 aromatic heterocycles. The molecule has 3 fully saturated rings. The van der Waals surface area contributed by atoms with Gasteiger partial charge < -0.3 is 5.32 Å². The second-order valence-electron chi connectivity index (χ2n) is 7.18. The molecule has 3 nitrogen and oxygen atoms in total. The molecule has 3 atom stereocenters. The van der Waals surface area contributed by atoms with Crippen molar-refractivity contribution in [1.82, 2.24) is 10.2 Å². The minimum absolute atomic E-state index is 0.0396. The third-order valence-corrected chi connectivity index (χ3v) is 5.74. The standard InChI is InChI=1S/C17H26N2O/c1-5-13-11-17(13,12(2)16(3)8-9-16)18-15(20)14-7-6-10-19(14)4/h5,13-14H,1-2,6-11H2,3-4H3,(H,18,20)/t13?,14?,17-/m0/s1. The van der Waals surface area contributed by atoms with Crippen molar-refractivity contribution in [3.63, 3.8) is 0 Å². The SMILES string of the molecule is C=CC1C[C@]1(NC(=O)C1CCCN1C)C(=C)C1(C)CC1. The zero-order chi connectivity index (χ0) is 14.5. The van der Waals surface area contributed by atoms with E-state index in [0.717, 1.165) is 25.8 Å². The van der Waals surface area contributed by atoms with Crippen molar-refractivity contribution >= 4 is 5.91 Å². The third kappa shape index (κ3) is 2.03. The Morgan fingerprint density at radius 3 is 2.60 bits per heavy atom. The average Bonchev–Trinajstić information content (AvgIpc) is 3.28. The van der Waals surface area contributed by atoms with Crippen molar-refractivity contribution < 1.29 is 4.79 Å². The maximum Gasteiger partial charge on any atom is 0.238 e. The Hall–Kier alpha value is -1.09. The van der Waals surface area contributed by atoms with Gasteiger partial charge in [0.15, 0.2) is 0 Å². The molecule has 3 rings (SSSR count). The minimum atomic E-state index is -0.201. The van der Waals surface area contributed by atoms with E-state index in [4.69, 9.17) is 0 Å². The fourth-order valence-corrected chi connectivity index (χ4v) is 3.71. The first-order valence-electron chi connectivity index (χ1n) is 7.78. The van der Waals surface area contributed by atoms with E-state index in [2.05, 4.69) is 30.3 Å². The van der Waals surface area contributed by atoms with Crippen LogP contribution in [0.15, 0.2) is 24.8 Å². The quantitative estimate of drug-likeness (QED) is 0.781. The van der Waals surface area contributed by atoms with Crippen molar-refractivity contribution in [2.75, 3.05) is 13.6 Å². The number of nitrogens with zero attached hydrogens (tertiary/aromatic N) is 1. The molecular formula is C17H26N2O. The number of hydrogen-bond acceptors (Lipinski definition) is 2. The van der Waals surface area contributed by atoms with E-state index >= 15 is 0 Å². The van der Waals surface area contributed by atoms with Gasteiger partial charge in [0.2, 0.25) is 5.91 Å². The summed E-state index contributed by atoms with van der Waals surface area (Å²) in [7, 11) is 2.04. The summed E-state index contributed by atoms with van der Waals surface area (Å²) < 4.78 is 0. The maximum absolute atomic E-state index is 12.6. The van der Waals surface area contributed by atoms with E-state index in [9.17, 15) is 4.79 Å². The third-order valence-electron chi connectivity index (χ3n) is 5.74. The van der Waals surface area contributed by atoms with Crippen LogP contribution < -0.4 is 5.32 Å². The molecule has 20 heavy (non-hydrogen) atoms. The van der Waals surface area contributed by atoms with Crippen LogP contribution in [0.3, 0.4) is 0 Å². The number of carbonyl (C=O) groups excluding carboxylic acids is 1. The van der Waals surface area contributed by atoms with Gasteiger partial charge in [0.1, 0.15) is 0 Å². The molecule has 110 valence electrons. The Labute approximate surface area is 122 Å². The number of amides is 1. The second kappa shape index (κ2) is 4.45. The number of hydrogen-bond donors (Lipinski definition) is 1. The normalized spacial score (nSPS) is 38.3. The van der Waals surface area contributed by atoms with E-state index in [0.29, 0.717) is 5.92 Å². The van der Waals surface area contributed by atoms with Crippen LogP contribution in [0.4, 0.5) is 0 Å². The van der Waals surface area contributed by atoms with E-state index in [1.807, 2.05) is 13.1 Å². The van der Waals surface area contributed by atoms with Crippen LogP contribution in [0.5, 0.6) is 0 Å². The van der Waals surface area contributed by atoms with Crippen LogP contribution in [0, 0.1) is 11.3 Å². The first-order chi connectivity index (χ1) is 9.43. The number of rotatable bonds is 5. The molecule has 0 spiro atoms. The molecule has 2 saturated carbocycles. The van der Waals surface area contributed by atoms with Crippen LogP contribution in [-0.4, -0.2) is 36.0 Å². The number of likely N-dealkylation sites (tertiary alicyclic amines) is 1. The topological polar surface area (TPSA) is 32.3 Å². The molecule has 1 saturated heterocycles. The largest absolute Gasteiger partial charge is 0.345 e. The van der Waals surface area contributed by atoms with Gasteiger partial charge >= 0.3 is 0 Å². The van der Waals surface area contributed by atoms with Crippen molar-refractivity contribution in [3.8, 4) is 0 Å². The van der Waals surface area contributed by atoms with E-state index < -0.39 is 0 Å². The second-order valence-corrected chi connectivity index (χ2v) is 7.18. The van der Waals surface area contributed by atoms with Crippen LogP contribution in [0.25, 0.3) is 0 Å². The molecule has 0 aromatic rings. The molecule has 1 N–H and O–H groups in total. The van der Waals surface area contributed by atoms with Gasteiger partial charge in [-0.1, -0.05) is 19.6 Å². The molecule has 2 aliphatic carbocycles. The molecule has 1 amide bonds. The summed E-state index contributed by atoms with van der Waals surface area (Å²) in [5.74, 6) is 0.544. The van der Waals surface area contributed by atoms with Gasteiger partial charge in [-0.2, -0.15) is 0 Å². The Morgan fingerprint density at radius 1 is 1.45 bits per heavy atom. The maximum atomic E-state index is 12.6. The van der Waals surface area contributed by atoms with Gasteiger partial charge in [-0.15, -0.1) is 6.58 Å². The fourth-order valence-electron chi connectivity index (χ4n) is 3.71. The summed E-state index contributed by atoms with van der Waals surface area (Å²) in [6.45, 7) is 11.6. The first-order valence-corrected chi connectivity index (χ1v) is 7.78. The highest BCUT2D eigenvalue weighted by molar-refractivity contribution is 5.84. The number of likely N-dealkylation sites (N-methyl/N-ethyl adjacent to an activating group) is 1. The van der Waals surface area contributed by atoms with Gasteiger partial charge in [0.05, 0.1) is 11.6 Å². The predicted molar refractivity (Wildman–Crippen MR) is 81.3 cm³/mol. The van der Waals surface area contributed by atoms with E-state index in [-0.39, 0.29) is 22.9 Å². The van der Waals surface area contributed by atoms with Gasteiger partial charge in [-0.25, -0.2) is 0 Å². The molecule has 0 bridgehead atoms. The number of nitrogens with one attached hydrogen (secondary N) is 1. The highest BCUT2D eigenvalue weighted by Crippen LogP contribution is 2.62. The van der Waals surface area contributed by atoms with Crippen molar-refractivity contribution in [2.45, 2.75) is 50.6 Å². The molecule has 2 unspecified atom stereocenters. The van der Waals surface area contributed by atoms with Crippen LogP contribution in [-0.2, 0) is 4.79 Å². The molecule has 1 heterocycles. The average molecular weight is 274 g/mol. The fraction of sp³-hybridized carbons (Fsp3) is 0.706. The van der Waals surface area contributed by atoms with Gasteiger partial charge in [0, 0.05) is 5.92 Å². The smallest absolute Gasteiger partial charge is 0.238 e. The first kappa shape index (κ1) is 13.9. The monoisotopic (exact) mass is 274 g/mol. The van der Waals surface area contributed by atoms with Crippen LogP contribution in [0.1, 0.15) is 39.0 Å². The zero-order valence-corrected chi connectivity index (χ0v) is 12.7. The zero-order valence-electron chi connectivity index (χ0n) is 12.7. The number of carbonyl (C=O) groups is 1. The summed E-state index contributed by atoms with van der Waals surface area (Å²) in [6.07, 6.45) is 7.46. The Bertz CT molecular complexity index is 466. The van der Waals surface area contributed by atoms with Crippen molar-refractivity contribution in [1.29, 1.82) is 0 Å². The molecule has 3 aliphatic rings. The lowest BCUT2D eigenvalue weighted by atomic mass is 9.89. The van der Waals surface area contributed by atoms with Crippen LogP contribution in [0.2, 0.25) is 0 Å². The van der Waals surface area contributed by atoms with Gasteiger partial charge in [0.25, 0.3) is 0 Å². The van der Waals surface area contributed by atoms with Gasteiger partial charge in [-0.05, 0) is 56.7 Å². The molecule has 3 heteroatoms. The lowest BCUT2D eigenvalue weighted by molar-refractivity contribution is -0.125. The Kier molecular flexibility index (Phi) is 3.09. The lowest BCUT2D eigenvalue weighted by Gasteiger charge is -2.29. The highest BCUT2D eigenvalue weighted by Gasteiger charge is 2.61. The summed E-state index contributed by atoms with van der Waals surface area (Å²) in [4.78, 5) is 14.8. The van der Waals surface area contributed by atoms with Gasteiger partial charge in [-0.3, -0.25) is 9.69 Å². The lowest BCUT2D eigenvalue weighted by Crippen LogP contribution is -2.49. The summed E-state index contributed by atoms with van der Waals surface area (Å²) in [5.41, 5.74) is 1.27. The molecule has 1 aliphatic heterocycles. The summed E-state index contributed by atoms with van der Waals surface area (Å²) in [6, 6.07) is 0.0396.